The lowest BCUT2D eigenvalue weighted by molar-refractivity contribution is -0.135. The molecule has 0 unspecified atom stereocenters. The molecule has 0 atom stereocenters. The van der Waals surface area contributed by atoms with E-state index >= 15 is 0 Å². The third-order valence-electron chi connectivity index (χ3n) is 7.43. The zero-order chi connectivity index (χ0) is 22.9. The molecular weight excluding hydrogens is 420 g/mol. The molecule has 8 nitrogen and oxygen atoms in total. The molecule has 4 heterocycles. The van der Waals surface area contributed by atoms with Gasteiger partial charge in [-0.3, -0.25) is 14.2 Å². The summed E-state index contributed by atoms with van der Waals surface area (Å²) in [5.41, 5.74) is 0.225. The van der Waals surface area contributed by atoms with Crippen LogP contribution in [0.3, 0.4) is 0 Å². The summed E-state index contributed by atoms with van der Waals surface area (Å²) in [6.45, 7) is 4.55. The van der Waals surface area contributed by atoms with Gasteiger partial charge in [0.2, 0.25) is 5.91 Å². The Labute approximate surface area is 193 Å². The fourth-order valence-electron chi connectivity index (χ4n) is 5.17. The number of piperidine rings is 1. The number of anilines is 1. The van der Waals surface area contributed by atoms with Gasteiger partial charge in [0, 0.05) is 44.1 Å². The molecule has 8 heteroatoms. The van der Waals surface area contributed by atoms with Crippen molar-refractivity contribution in [2.24, 2.45) is 5.41 Å². The summed E-state index contributed by atoms with van der Waals surface area (Å²) in [6, 6.07) is 11.6. The van der Waals surface area contributed by atoms with Gasteiger partial charge in [0.15, 0.2) is 0 Å². The van der Waals surface area contributed by atoms with E-state index in [0.29, 0.717) is 38.2 Å². The average Bonchev–Trinajstić information content (AvgIpc) is 3.27. The van der Waals surface area contributed by atoms with Gasteiger partial charge in [-0.15, -0.1) is 0 Å². The zero-order valence-electron chi connectivity index (χ0n) is 19.0. The molecule has 3 fully saturated rings. The lowest BCUT2D eigenvalue weighted by atomic mass is 9.85. The van der Waals surface area contributed by atoms with E-state index in [1.54, 1.807) is 12.4 Å². The summed E-state index contributed by atoms with van der Waals surface area (Å²) >= 11 is 0. The summed E-state index contributed by atoms with van der Waals surface area (Å²) in [6.07, 6.45) is 4.71. The van der Waals surface area contributed by atoms with Gasteiger partial charge in [-0.25, -0.2) is 4.98 Å². The third-order valence-corrected chi connectivity index (χ3v) is 7.43. The molecule has 0 saturated carbocycles. The maximum atomic E-state index is 12.7. The van der Waals surface area contributed by atoms with E-state index in [-0.39, 0.29) is 23.4 Å². The molecule has 33 heavy (non-hydrogen) atoms. The topological polar surface area (TPSA) is 87.9 Å². The van der Waals surface area contributed by atoms with Crippen LogP contribution < -0.4 is 10.5 Å². The van der Waals surface area contributed by atoms with Crippen LogP contribution in [0.25, 0.3) is 0 Å². The lowest BCUT2D eigenvalue weighted by Crippen LogP contribution is -2.49. The third kappa shape index (κ3) is 4.82. The van der Waals surface area contributed by atoms with Crippen LogP contribution in [-0.2, 0) is 22.5 Å². The van der Waals surface area contributed by atoms with Gasteiger partial charge in [0.05, 0.1) is 31.7 Å². The number of benzene rings is 1. The molecule has 1 aromatic carbocycles. The number of aliphatic hydroxyl groups is 1. The van der Waals surface area contributed by atoms with Crippen molar-refractivity contribution < 1.29 is 14.6 Å². The van der Waals surface area contributed by atoms with E-state index in [9.17, 15) is 14.7 Å². The summed E-state index contributed by atoms with van der Waals surface area (Å²) < 4.78 is 6.87. The minimum atomic E-state index is -1.01. The second-order valence-corrected chi connectivity index (χ2v) is 9.97. The maximum absolute atomic E-state index is 12.7. The predicted molar refractivity (Wildman–Crippen MR) is 124 cm³/mol. The van der Waals surface area contributed by atoms with Gasteiger partial charge in [0.25, 0.3) is 5.56 Å². The SMILES string of the molecule is O=C(CCc1ccccc1)N1CCC(O)(Cn2cnc(N3CCC4(COC4)C3)cc2=O)CC1. The molecule has 1 N–H and O–H groups in total. The van der Waals surface area contributed by atoms with Crippen molar-refractivity contribution in [1.82, 2.24) is 14.5 Å². The van der Waals surface area contributed by atoms with E-state index in [1.807, 2.05) is 35.2 Å². The molecule has 5 rings (SSSR count). The highest BCUT2D eigenvalue weighted by Gasteiger charge is 2.45. The molecule has 3 aliphatic heterocycles. The molecule has 0 aliphatic carbocycles. The lowest BCUT2D eigenvalue weighted by Gasteiger charge is -2.38. The molecule has 1 aromatic heterocycles. The van der Waals surface area contributed by atoms with E-state index in [0.717, 1.165) is 44.7 Å². The minimum Gasteiger partial charge on any atom is -0.388 e. The Morgan fingerprint density at radius 2 is 1.85 bits per heavy atom. The van der Waals surface area contributed by atoms with Gasteiger partial charge in [-0.2, -0.15) is 0 Å². The molecule has 176 valence electrons. The Balaban J connectivity index is 1.14. The Morgan fingerprint density at radius 1 is 1.09 bits per heavy atom. The Hall–Kier alpha value is -2.71. The van der Waals surface area contributed by atoms with Gasteiger partial charge in [-0.1, -0.05) is 30.3 Å². The summed E-state index contributed by atoms with van der Waals surface area (Å²) in [4.78, 5) is 33.8. The first-order valence-corrected chi connectivity index (χ1v) is 11.9. The van der Waals surface area contributed by atoms with Crippen molar-refractivity contribution in [1.29, 1.82) is 0 Å². The minimum absolute atomic E-state index is 0.115. The molecule has 3 aliphatic rings. The van der Waals surface area contributed by atoms with Crippen LogP contribution in [0.1, 0.15) is 31.2 Å². The van der Waals surface area contributed by atoms with Gasteiger partial charge in [0.1, 0.15) is 5.82 Å². The van der Waals surface area contributed by atoms with Crippen LogP contribution >= 0.6 is 0 Å². The number of rotatable bonds is 6. The number of aryl methyl sites for hydroxylation is 1. The van der Waals surface area contributed by atoms with E-state index in [2.05, 4.69) is 9.88 Å². The van der Waals surface area contributed by atoms with Crippen LogP contribution in [0.5, 0.6) is 0 Å². The van der Waals surface area contributed by atoms with Crippen molar-refractivity contribution in [2.75, 3.05) is 44.3 Å². The van der Waals surface area contributed by atoms with Crippen molar-refractivity contribution >= 4 is 11.7 Å². The predicted octanol–water partition coefficient (Wildman–Crippen LogP) is 1.46. The number of hydrogen-bond donors (Lipinski definition) is 1. The van der Waals surface area contributed by atoms with Crippen LogP contribution in [-0.4, -0.2) is 70.5 Å². The number of hydrogen-bond acceptors (Lipinski definition) is 6. The van der Waals surface area contributed by atoms with Crippen LogP contribution in [0.15, 0.2) is 47.5 Å². The van der Waals surface area contributed by atoms with Gasteiger partial charge < -0.3 is 19.6 Å². The number of carbonyl (C=O) groups is 1. The molecule has 1 spiro atoms. The number of carbonyl (C=O) groups excluding carboxylic acids is 1. The molecular formula is C25H32N4O4. The monoisotopic (exact) mass is 452 g/mol. The fraction of sp³-hybridized carbons (Fsp3) is 0.560. The normalized spacial score (nSPS) is 21.2. The molecule has 3 saturated heterocycles. The number of nitrogens with zero attached hydrogens (tertiary/aromatic N) is 4. The van der Waals surface area contributed by atoms with Crippen molar-refractivity contribution in [2.45, 2.75) is 44.2 Å². The highest BCUT2D eigenvalue weighted by atomic mass is 16.5. The van der Waals surface area contributed by atoms with Crippen molar-refractivity contribution in [3.05, 3.63) is 58.6 Å². The van der Waals surface area contributed by atoms with Crippen molar-refractivity contribution in [3.8, 4) is 0 Å². The number of amides is 1. The molecule has 2 aromatic rings. The van der Waals surface area contributed by atoms with Crippen LogP contribution in [0, 0.1) is 5.41 Å². The number of aromatic nitrogens is 2. The second kappa shape index (κ2) is 8.91. The first kappa shape index (κ1) is 22.1. The maximum Gasteiger partial charge on any atom is 0.255 e. The second-order valence-electron chi connectivity index (χ2n) is 9.97. The van der Waals surface area contributed by atoms with E-state index in [1.165, 1.54) is 4.57 Å². The summed E-state index contributed by atoms with van der Waals surface area (Å²) in [7, 11) is 0. The zero-order valence-corrected chi connectivity index (χ0v) is 19.0. The van der Waals surface area contributed by atoms with E-state index < -0.39 is 5.60 Å². The molecule has 0 bridgehead atoms. The Morgan fingerprint density at radius 3 is 2.48 bits per heavy atom. The first-order valence-electron chi connectivity index (χ1n) is 11.9. The fourth-order valence-corrected chi connectivity index (χ4v) is 5.17. The highest BCUT2D eigenvalue weighted by Crippen LogP contribution is 2.38. The quantitative estimate of drug-likeness (QED) is 0.714. The standard InChI is InChI=1S/C25H32N4O4/c30-22(7-6-20-4-2-1-3-5-20)27-12-9-25(32,10-13-27)16-29-19-26-21(14-23(29)31)28-11-8-24(15-28)17-33-18-24/h1-5,14,19,32H,6-13,15-18H2. The van der Waals surface area contributed by atoms with Gasteiger partial charge >= 0.3 is 0 Å². The van der Waals surface area contributed by atoms with Crippen LogP contribution in [0.4, 0.5) is 5.82 Å². The first-order chi connectivity index (χ1) is 15.9. The highest BCUT2D eigenvalue weighted by molar-refractivity contribution is 5.76. The number of ether oxygens (including phenoxy) is 1. The molecule has 1 amide bonds. The smallest absolute Gasteiger partial charge is 0.255 e. The Kier molecular flexibility index (Phi) is 5.97. The number of likely N-dealkylation sites (tertiary alicyclic amines) is 1. The largest absolute Gasteiger partial charge is 0.388 e. The Bertz CT molecular complexity index is 1040. The summed E-state index contributed by atoms with van der Waals surface area (Å²) in [5.74, 6) is 0.815. The average molecular weight is 453 g/mol. The van der Waals surface area contributed by atoms with E-state index in [4.69, 9.17) is 4.74 Å². The van der Waals surface area contributed by atoms with Gasteiger partial charge in [-0.05, 0) is 31.2 Å². The summed E-state index contributed by atoms with van der Waals surface area (Å²) in [5, 5.41) is 11.1. The van der Waals surface area contributed by atoms with Crippen molar-refractivity contribution in [3.63, 3.8) is 0 Å². The van der Waals surface area contributed by atoms with Crippen LogP contribution in [0.2, 0.25) is 0 Å². The molecule has 0 radical (unpaired) electrons.